The van der Waals surface area contributed by atoms with Crippen molar-refractivity contribution in [2.24, 2.45) is 0 Å². The number of benzene rings is 2. The number of nitrogens with zero attached hydrogens (tertiary/aromatic N) is 3. The molecule has 3 aromatic rings. The topological polar surface area (TPSA) is 38.1 Å². The van der Waals surface area contributed by atoms with Crippen LogP contribution in [-0.2, 0) is 6.54 Å². The lowest BCUT2D eigenvalue weighted by molar-refractivity contribution is 0.0730. The molecule has 0 bridgehead atoms. The molecule has 1 heterocycles. The molecule has 1 aromatic heterocycles. The number of rotatable bonds is 5. The zero-order valence-electron chi connectivity index (χ0n) is 14.3. The van der Waals surface area contributed by atoms with Crippen LogP contribution in [0.5, 0.6) is 0 Å². The molecule has 1 saturated carbocycles. The van der Waals surface area contributed by atoms with Gasteiger partial charge in [-0.05, 0) is 49.6 Å². The summed E-state index contributed by atoms with van der Waals surface area (Å²) in [6.07, 6.45) is 5.81. The highest BCUT2D eigenvalue weighted by Crippen LogP contribution is 2.30. The number of aromatic nitrogens is 2. The Morgan fingerprint density at radius 3 is 2.72 bits per heavy atom. The van der Waals surface area contributed by atoms with Crippen LogP contribution in [-0.4, -0.2) is 26.6 Å². The average Bonchev–Trinajstić information content (AvgIpc) is 3.32. The van der Waals surface area contributed by atoms with E-state index in [1.165, 1.54) is 11.1 Å². The number of aryl methyl sites for hydroxylation is 1. The minimum atomic E-state index is 0.0954. The Hall–Kier alpha value is -2.88. The predicted molar refractivity (Wildman–Crippen MR) is 97.6 cm³/mol. The van der Waals surface area contributed by atoms with Gasteiger partial charge >= 0.3 is 0 Å². The molecule has 1 aliphatic rings. The van der Waals surface area contributed by atoms with Crippen LogP contribution in [0.25, 0.3) is 5.69 Å². The summed E-state index contributed by atoms with van der Waals surface area (Å²) in [6.45, 7) is 2.75. The number of hydrogen-bond acceptors (Lipinski definition) is 2. The van der Waals surface area contributed by atoms with Crippen LogP contribution >= 0.6 is 0 Å². The average molecular weight is 331 g/mol. The zero-order chi connectivity index (χ0) is 17.2. The molecule has 2 aromatic carbocycles. The maximum absolute atomic E-state index is 13.1. The Bertz CT molecular complexity index is 882. The minimum Gasteiger partial charge on any atom is -0.331 e. The molecule has 4 rings (SSSR count). The van der Waals surface area contributed by atoms with Crippen molar-refractivity contribution in [2.45, 2.75) is 32.4 Å². The lowest BCUT2D eigenvalue weighted by atomic mass is 10.1. The SMILES string of the molecule is Cc1cccc(CN(C(=O)c2cccc(-n3cccn3)c2)C2CC2)c1. The Kier molecular flexibility index (Phi) is 4.10. The smallest absolute Gasteiger partial charge is 0.254 e. The first-order valence-electron chi connectivity index (χ1n) is 8.67. The molecule has 1 fully saturated rings. The van der Waals surface area contributed by atoms with Gasteiger partial charge in [0, 0.05) is 30.5 Å². The maximum atomic E-state index is 13.1. The van der Waals surface area contributed by atoms with E-state index in [-0.39, 0.29) is 5.91 Å². The third-order valence-corrected chi connectivity index (χ3v) is 4.55. The van der Waals surface area contributed by atoms with Crippen LogP contribution in [0.15, 0.2) is 67.0 Å². The summed E-state index contributed by atoms with van der Waals surface area (Å²) in [4.78, 5) is 15.1. The van der Waals surface area contributed by atoms with Crippen molar-refractivity contribution in [2.75, 3.05) is 0 Å². The van der Waals surface area contributed by atoms with Crippen molar-refractivity contribution in [3.05, 3.63) is 83.7 Å². The predicted octanol–water partition coefficient (Wildman–Crippen LogP) is 3.99. The number of amides is 1. The van der Waals surface area contributed by atoms with Gasteiger partial charge in [0.25, 0.3) is 5.91 Å². The fourth-order valence-electron chi connectivity index (χ4n) is 3.13. The highest BCUT2D eigenvalue weighted by molar-refractivity contribution is 5.95. The van der Waals surface area contributed by atoms with E-state index in [1.54, 1.807) is 10.9 Å². The molecule has 0 N–H and O–H groups in total. The second kappa shape index (κ2) is 6.55. The van der Waals surface area contributed by atoms with Gasteiger partial charge in [0.1, 0.15) is 0 Å². The number of carbonyl (C=O) groups is 1. The number of hydrogen-bond donors (Lipinski definition) is 0. The molecule has 0 radical (unpaired) electrons. The minimum absolute atomic E-state index is 0.0954. The summed E-state index contributed by atoms with van der Waals surface area (Å²) in [5, 5.41) is 4.25. The Balaban J connectivity index is 1.60. The molecule has 0 atom stereocenters. The highest BCUT2D eigenvalue weighted by atomic mass is 16.2. The summed E-state index contributed by atoms with van der Waals surface area (Å²) in [5.41, 5.74) is 4.03. The van der Waals surface area contributed by atoms with Crippen LogP contribution < -0.4 is 0 Å². The van der Waals surface area contributed by atoms with Crippen LogP contribution in [0, 0.1) is 6.92 Å². The molecular weight excluding hydrogens is 310 g/mol. The fraction of sp³-hybridized carbons (Fsp3) is 0.238. The molecule has 126 valence electrons. The summed E-state index contributed by atoms with van der Waals surface area (Å²) in [5.74, 6) is 0.0954. The Morgan fingerprint density at radius 2 is 2.00 bits per heavy atom. The lowest BCUT2D eigenvalue weighted by Gasteiger charge is -2.23. The Labute approximate surface area is 147 Å². The molecule has 0 aliphatic heterocycles. The maximum Gasteiger partial charge on any atom is 0.254 e. The van der Waals surface area contributed by atoms with Gasteiger partial charge in [0.2, 0.25) is 0 Å². The van der Waals surface area contributed by atoms with Gasteiger partial charge in [-0.2, -0.15) is 5.10 Å². The largest absolute Gasteiger partial charge is 0.331 e. The van der Waals surface area contributed by atoms with Gasteiger partial charge in [-0.25, -0.2) is 4.68 Å². The standard InChI is InChI=1S/C21H21N3O/c1-16-5-2-6-17(13-16)15-23(19-9-10-19)21(25)18-7-3-8-20(14-18)24-12-4-11-22-24/h2-8,11-14,19H,9-10,15H2,1H3. The highest BCUT2D eigenvalue weighted by Gasteiger charge is 2.33. The van der Waals surface area contributed by atoms with E-state index in [2.05, 4.69) is 36.3 Å². The van der Waals surface area contributed by atoms with Crippen molar-refractivity contribution < 1.29 is 4.79 Å². The van der Waals surface area contributed by atoms with Crippen molar-refractivity contribution in [1.82, 2.24) is 14.7 Å². The van der Waals surface area contributed by atoms with Gasteiger partial charge < -0.3 is 4.90 Å². The molecule has 0 spiro atoms. The van der Waals surface area contributed by atoms with E-state index in [1.807, 2.05) is 41.4 Å². The van der Waals surface area contributed by atoms with Crippen molar-refractivity contribution in [1.29, 1.82) is 0 Å². The van der Waals surface area contributed by atoms with Crippen LogP contribution in [0.2, 0.25) is 0 Å². The van der Waals surface area contributed by atoms with Crippen LogP contribution in [0.3, 0.4) is 0 Å². The van der Waals surface area contributed by atoms with E-state index in [0.717, 1.165) is 18.5 Å². The van der Waals surface area contributed by atoms with Crippen LogP contribution in [0.1, 0.15) is 34.3 Å². The van der Waals surface area contributed by atoms with Crippen molar-refractivity contribution in [3.8, 4) is 5.69 Å². The van der Waals surface area contributed by atoms with Gasteiger partial charge in [-0.1, -0.05) is 35.9 Å². The molecule has 0 saturated heterocycles. The van der Waals surface area contributed by atoms with Gasteiger partial charge in [0.05, 0.1) is 5.69 Å². The van der Waals surface area contributed by atoms with E-state index in [4.69, 9.17) is 0 Å². The molecule has 4 heteroatoms. The summed E-state index contributed by atoms with van der Waals surface area (Å²) >= 11 is 0. The first-order chi connectivity index (χ1) is 12.2. The van der Waals surface area contributed by atoms with Crippen LogP contribution in [0.4, 0.5) is 0 Å². The lowest BCUT2D eigenvalue weighted by Crippen LogP contribution is -2.32. The van der Waals surface area contributed by atoms with E-state index in [0.29, 0.717) is 18.2 Å². The summed E-state index contributed by atoms with van der Waals surface area (Å²) in [6, 6.07) is 18.3. The molecule has 1 amide bonds. The second-order valence-corrected chi connectivity index (χ2v) is 6.65. The first kappa shape index (κ1) is 15.6. The monoisotopic (exact) mass is 331 g/mol. The molecule has 25 heavy (non-hydrogen) atoms. The summed E-state index contributed by atoms with van der Waals surface area (Å²) in [7, 11) is 0. The van der Waals surface area contributed by atoms with E-state index in [9.17, 15) is 4.79 Å². The van der Waals surface area contributed by atoms with Gasteiger partial charge in [0.15, 0.2) is 0 Å². The third kappa shape index (κ3) is 3.48. The van der Waals surface area contributed by atoms with Gasteiger partial charge in [-0.3, -0.25) is 4.79 Å². The number of carbonyl (C=O) groups excluding carboxylic acids is 1. The van der Waals surface area contributed by atoms with Gasteiger partial charge in [-0.15, -0.1) is 0 Å². The fourth-order valence-corrected chi connectivity index (χ4v) is 3.13. The quantitative estimate of drug-likeness (QED) is 0.709. The normalized spacial score (nSPS) is 13.6. The molecule has 1 aliphatic carbocycles. The van der Waals surface area contributed by atoms with E-state index < -0.39 is 0 Å². The second-order valence-electron chi connectivity index (χ2n) is 6.65. The molecule has 4 nitrogen and oxygen atoms in total. The zero-order valence-corrected chi connectivity index (χ0v) is 14.3. The van der Waals surface area contributed by atoms with Crippen molar-refractivity contribution >= 4 is 5.91 Å². The van der Waals surface area contributed by atoms with Crippen molar-refractivity contribution in [3.63, 3.8) is 0 Å². The van der Waals surface area contributed by atoms with E-state index >= 15 is 0 Å². The molecular formula is C21H21N3O. The first-order valence-corrected chi connectivity index (χ1v) is 8.67. The summed E-state index contributed by atoms with van der Waals surface area (Å²) < 4.78 is 1.78. The molecule has 0 unspecified atom stereocenters. The Morgan fingerprint density at radius 1 is 1.16 bits per heavy atom. The third-order valence-electron chi connectivity index (χ3n) is 4.55.